The summed E-state index contributed by atoms with van der Waals surface area (Å²) in [5.41, 5.74) is 0.787. The van der Waals surface area contributed by atoms with Crippen LogP contribution in [0.4, 0.5) is 0 Å². The zero-order valence-electron chi connectivity index (χ0n) is 8.63. The molecule has 0 saturated carbocycles. The Morgan fingerprint density at radius 1 is 1.54 bits per heavy atom. The first kappa shape index (κ1) is 11.9. The van der Waals surface area contributed by atoms with Crippen LogP contribution in [0.25, 0.3) is 0 Å². The summed E-state index contributed by atoms with van der Waals surface area (Å²) in [4.78, 5) is 14.7. The number of carboxylic acid groups (broad SMARTS) is 1. The zero-order valence-corrected chi connectivity index (χ0v) is 8.63. The maximum absolute atomic E-state index is 10.1. The second-order valence-corrected chi connectivity index (χ2v) is 3.58. The van der Waals surface area contributed by atoms with E-state index in [2.05, 4.69) is 16.9 Å². The van der Waals surface area contributed by atoms with Crippen molar-refractivity contribution >= 4 is 11.7 Å². The van der Waals surface area contributed by atoms with E-state index in [0.717, 1.165) is 12.1 Å². The van der Waals surface area contributed by atoms with Crippen molar-refractivity contribution in [3.8, 4) is 0 Å². The predicted molar refractivity (Wildman–Crippen MR) is 50.8 cm³/mol. The summed E-state index contributed by atoms with van der Waals surface area (Å²) in [5, 5.41) is 12.0. The Bertz CT molecular complexity index is 209. The summed E-state index contributed by atoms with van der Waals surface area (Å²) in [6.45, 7) is 7.59. The molecule has 0 aliphatic heterocycles. The third kappa shape index (κ3) is 4.50. The number of oxime groups is 1. The van der Waals surface area contributed by atoms with Crippen LogP contribution in [0.2, 0.25) is 0 Å². The SMILES string of the molecule is CCC(C)(C)/C(C)=N/OCC(=O)O. The Kier molecular flexibility index (Phi) is 4.45. The summed E-state index contributed by atoms with van der Waals surface area (Å²) in [5.74, 6) is -1.01. The minimum absolute atomic E-state index is 0.0293. The van der Waals surface area contributed by atoms with Crippen LogP contribution >= 0.6 is 0 Å². The van der Waals surface area contributed by atoms with E-state index in [1.54, 1.807) is 0 Å². The molecule has 0 heterocycles. The van der Waals surface area contributed by atoms with E-state index in [9.17, 15) is 4.79 Å². The molecule has 0 aromatic carbocycles. The van der Waals surface area contributed by atoms with E-state index in [1.165, 1.54) is 0 Å². The van der Waals surface area contributed by atoms with Crippen molar-refractivity contribution < 1.29 is 14.7 Å². The maximum atomic E-state index is 10.1. The average Bonchev–Trinajstić information content (AvgIpc) is 2.03. The molecule has 4 heteroatoms. The molecular formula is C9H17NO3. The molecule has 0 fully saturated rings. The molecule has 0 radical (unpaired) electrons. The van der Waals surface area contributed by atoms with E-state index < -0.39 is 5.97 Å². The van der Waals surface area contributed by atoms with E-state index in [0.29, 0.717) is 0 Å². The predicted octanol–water partition coefficient (Wildman–Crippen LogP) is 1.90. The lowest BCUT2D eigenvalue weighted by molar-refractivity contribution is -0.142. The molecule has 4 nitrogen and oxygen atoms in total. The summed E-state index contributed by atoms with van der Waals surface area (Å²) in [7, 11) is 0. The molecule has 0 atom stereocenters. The average molecular weight is 187 g/mol. The first-order valence-electron chi connectivity index (χ1n) is 4.29. The van der Waals surface area contributed by atoms with Crippen molar-refractivity contribution in [2.75, 3.05) is 6.61 Å². The van der Waals surface area contributed by atoms with Gasteiger partial charge in [0.25, 0.3) is 0 Å². The topological polar surface area (TPSA) is 58.9 Å². The van der Waals surface area contributed by atoms with Crippen LogP contribution in [0.15, 0.2) is 5.16 Å². The van der Waals surface area contributed by atoms with Gasteiger partial charge >= 0.3 is 5.97 Å². The van der Waals surface area contributed by atoms with Crippen molar-refractivity contribution in [2.45, 2.75) is 34.1 Å². The van der Waals surface area contributed by atoms with Gasteiger partial charge in [-0.15, -0.1) is 0 Å². The second-order valence-electron chi connectivity index (χ2n) is 3.58. The van der Waals surface area contributed by atoms with Gasteiger partial charge in [0.2, 0.25) is 6.61 Å². The molecule has 0 unspecified atom stereocenters. The van der Waals surface area contributed by atoms with Gasteiger partial charge in [-0.25, -0.2) is 4.79 Å². The van der Waals surface area contributed by atoms with Gasteiger partial charge < -0.3 is 9.94 Å². The van der Waals surface area contributed by atoms with Crippen molar-refractivity contribution in [3.05, 3.63) is 0 Å². The molecule has 0 aromatic rings. The standard InChI is InChI=1S/C9H17NO3/c1-5-9(3,4)7(2)10-13-6-8(11)12/h5-6H2,1-4H3,(H,11,12)/b10-7+. The van der Waals surface area contributed by atoms with E-state index in [-0.39, 0.29) is 12.0 Å². The largest absolute Gasteiger partial charge is 0.479 e. The highest BCUT2D eigenvalue weighted by Crippen LogP contribution is 2.21. The molecule has 0 aliphatic rings. The van der Waals surface area contributed by atoms with Crippen LogP contribution in [0.5, 0.6) is 0 Å². The molecule has 76 valence electrons. The molecular weight excluding hydrogens is 170 g/mol. The molecule has 0 bridgehead atoms. The van der Waals surface area contributed by atoms with Crippen molar-refractivity contribution in [3.63, 3.8) is 0 Å². The number of carboxylic acids is 1. The highest BCUT2D eigenvalue weighted by atomic mass is 16.6. The fourth-order valence-corrected chi connectivity index (χ4v) is 0.564. The van der Waals surface area contributed by atoms with Gasteiger partial charge in [0, 0.05) is 5.41 Å². The maximum Gasteiger partial charge on any atom is 0.344 e. The fraction of sp³-hybridized carbons (Fsp3) is 0.778. The molecule has 0 spiro atoms. The molecule has 0 aromatic heterocycles. The second kappa shape index (κ2) is 4.84. The van der Waals surface area contributed by atoms with Gasteiger partial charge in [-0.2, -0.15) is 0 Å². The van der Waals surface area contributed by atoms with E-state index in [1.807, 2.05) is 20.8 Å². The highest BCUT2D eigenvalue weighted by Gasteiger charge is 2.19. The Morgan fingerprint density at radius 2 is 2.08 bits per heavy atom. The lowest BCUT2D eigenvalue weighted by Crippen LogP contribution is -2.21. The summed E-state index contributed by atoms with van der Waals surface area (Å²) >= 11 is 0. The summed E-state index contributed by atoms with van der Waals surface area (Å²) in [6.07, 6.45) is 0.943. The van der Waals surface area contributed by atoms with Crippen LogP contribution in [0.3, 0.4) is 0 Å². The minimum atomic E-state index is -1.01. The van der Waals surface area contributed by atoms with Gasteiger partial charge in [-0.1, -0.05) is 25.9 Å². The van der Waals surface area contributed by atoms with Crippen molar-refractivity contribution in [2.24, 2.45) is 10.6 Å². The van der Waals surface area contributed by atoms with Crippen LogP contribution in [-0.4, -0.2) is 23.4 Å². The molecule has 0 rings (SSSR count). The van der Waals surface area contributed by atoms with Crippen LogP contribution in [0, 0.1) is 5.41 Å². The Balaban J connectivity index is 4.09. The van der Waals surface area contributed by atoms with Crippen LogP contribution in [0.1, 0.15) is 34.1 Å². The van der Waals surface area contributed by atoms with Crippen LogP contribution in [-0.2, 0) is 9.63 Å². The Morgan fingerprint density at radius 3 is 2.46 bits per heavy atom. The third-order valence-electron chi connectivity index (χ3n) is 2.25. The number of aliphatic carboxylic acids is 1. The molecule has 0 aliphatic carbocycles. The van der Waals surface area contributed by atoms with Gasteiger partial charge in [-0.05, 0) is 13.3 Å². The zero-order chi connectivity index (χ0) is 10.5. The minimum Gasteiger partial charge on any atom is -0.479 e. The van der Waals surface area contributed by atoms with Gasteiger partial charge in [0.1, 0.15) is 0 Å². The Labute approximate surface area is 78.6 Å². The molecule has 13 heavy (non-hydrogen) atoms. The smallest absolute Gasteiger partial charge is 0.344 e. The highest BCUT2D eigenvalue weighted by molar-refractivity contribution is 5.86. The van der Waals surface area contributed by atoms with E-state index in [4.69, 9.17) is 5.11 Å². The first-order valence-corrected chi connectivity index (χ1v) is 4.29. The van der Waals surface area contributed by atoms with Gasteiger partial charge in [0.15, 0.2) is 0 Å². The summed E-state index contributed by atoms with van der Waals surface area (Å²) < 4.78 is 0. The van der Waals surface area contributed by atoms with Crippen LogP contribution < -0.4 is 0 Å². The normalized spacial score (nSPS) is 12.8. The molecule has 1 N–H and O–H groups in total. The number of nitrogens with zero attached hydrogens (tertiary/aromatic N) is 1. The van der Waals surface area contributed by atoms with Gasteiger partial charge in [-0.3, -0.25) is 0 Å². The number of hydrogen-bond acceptors (Lipinski definition) is 3. The van der Waals surface area contributed by atoms with Gasteiger partial charge in [0.05, 0.1) is 5.71 Å². The van der Waals surface area contributed by atoms with Crippen molar-refractivity contribution in [1.29, 1.82) is 0 Å². The fourth-order valence-electron chi connectivity index (χ4n) is 0.564. The first-order chi connectivity index (χ1) is 5.90. The number of rotatable bonds is 5. The lowest BCUT2D eigenvalue weighted by atomic mass is 9.86. The van der Waals surface area contributed by atoms with E-state index >= 15 is 0 Å². The lowest BCUT2D eigenvalue weighted by Gasteiger charge is -2.21. The number of carbonyl (C=O) groups is 1. The number of hydrogen-bond donors (Lipinski definition) is 1. The Hall–Kier alpha value is -1.06. The quantitative estimate of drug-likeness (QED) is 0.528. The van der Waals surface area contributed by atoms with Crippen molar-refractivity contribution in [1.82, 2.24) is 0 Å². The molecule has 0 amide bonds. The monoisotopic (exact) mass is 187 g/mol. The summed E-state index contributed by atoms with van der Waals surface area (Å²) in [6, 6.07) is 0. The third-order valence-corrected chi connectivity index (χ3v) is 2.25. The molecule has 0 saturated heterocycles.